The van der Waals surface area contributed by atoms with Gasteiger partial charge in [0.2, 0.25) is 0 Å². The molecule has 16 heavy (non-hydrogen) atoms. The van der Waals surface area contributed by atoms with E-state index < -0.39 is 0 Å². The van der Waals surface area contributed by atoms with Crippen molar-refractivity contribution in [3.63, 3.8) is 0 Å². The summed E-state index contributed by atoms with van der Waals surface area (Å²) in [6, 6.07) is 5.87. The standard InChI is InChI=1S/C12H19ClN2O/c1-8(2)16-7-12(15-14)10-4-5-11(13)9(3)6-10/h4-6,8,12,15H,7,14H2,1-3H3. The van der Waals surface area contributed by atoms with E-state index in [-0.39, 0.29) is 12.1 Å². The maximum atomic E-state index is 5.97. The van der Waals surface area contributed by atoms with Crippen LogP contribution in [0.2, 0.25) is 5.02 Å². The molecule has 0 aliphatic rings. The normalized spacial score (nSPS) is 13.1. The molecule has 4 heteroatoms. The van der Waals surface area contributed by atoms with Crippen LogP contribution < -0.4 is 11.3 Å². The first-order valence-electron chi connectivity index (χ1n) is 5.38. The minimum atomic E-state index is -0.00151. The Hall–Kier alpha value is -0.610. The van der Waals surface area contributed by atoms with Gasteiger partial charge < -0.3 is 4.74 Å². The molecule has 0 saturated carbocycles. The Kier molecular flexibility index (Phi) is 5.22. The molecule has 1 rings (SSSR count). The number of halogens is 1. The van der Waals surface area contributed by atoms with Gasteiger partial charge in [-0.1, -0.05) is 23.7 Å². The summed E-state index contributed by atoms with van der Waals surface area (Å²) in [4.78, 5) is 0. The first kappa shape index (κ1) is 13.5. The van der Waals surface area contributed by atoms with Crippen molar-refractivity contribution in [3.05, 3.63) is 34.3 Å². The van der Waals surface area contributed by atoms with Crippen molar-refractivity contribution in [2.45, 2.75) is 32.9 Å². The summed E-state index contributed by atoms with van der Waals surface area (Å²) >= 11 is 5.97. The lowest BCUT2D eigenvalue weighted by atomic mass is 10.1. The third-order valence-electron chi connectivity index (χ3n) is 2.38. The molecule has 0 radical (unpaired) electrons. The Morgan fingerprint density at radius 3 is 2.62 bits per heavy atom. The van der Waals surface area contributed by atoms with E-state index >= 15 is 0 Å². The molecule has 3 N–H and O–H groups in total. The number of nitrogens with two attached hydrogens (primary N) is 1. The molecular weight excluding hydrogens is 224 g/mol. The molecule has 1 unspecified atom stereocenters. The number of ether oxygens (including phenoxy) is 1. The lowest BCUT2D eigenvalue weighted by molar-refractivity contribution is 0.0611. The van der Waals surface area contributed by atoms with Crippen LogP contribution in [-0.2, 0) is 4.74 Å². The van der Waals surface area contributed by atoms with Crippen molar-refractivity contribution in [2.75, 3.05) is 6.61 Å². The van der Waals surface area contributed by atoms with Crippen LogP contribution in [0.25, 0.3) is 0 Å². The number of aryl methyl sites for hydroxylation is 1. The van der Waals surface area contributed by atoms with Crippen LogP contribution in [0.3, 0.4) is 0 Å². The Bertz CT molecular complexity index is 342. The highest BCUT2D eigenvalue weighted by molar-refractivity contribution is 6.31. The average Bonchev–Trinajstić information content (AvgIpc) is 2.23. The van der Waals surface area contributed by atoms with Gasteiger partial charge >= 0.3 is 0 Å². The molecule has 3 nitrogen and oxygen atoms in total. The number of nitrogens with one attached hydrogen (secondary N) is 1. The van der Waals surface area contributed by atoms with Gasteiger partial charge in [-0.3, -0.25) is 11.3 Å². The molecule has 1 atom stereocenters. The van der Waals surface area contributed by atoms with E-state index in [0.717, 1.165) is 16.1 Å². The molecule has 0 aromatic heterocycles. The Morgan fingerprint density at radius 1 is 1.44 bits per heavy atom. The minimum absolute atomic E-state index is 0.00151. The molecular formula is C12H19ClN2O. The number of rotatable bonds is 5. The molecule has 1 aromatic carbocycles. The molecule has 0 bridgehead atoms. The largest absolute Gasteiger partial charge is 0.377 e. The van der Waals surface area contributed by atoms with Gasteiger partial charge in [0.1, 0.15) is 0 Å². The van der Waals surface area contributed by atoms with Crippen molar-refractivity contribution in [1.82, 2.24) is 5.43 Å². The zero-order chi connectivity index (χ0) is 12.1. The van der Waals surface area contributed by atoms with Crippen LogP contribution in [0.1, 0.15) is 31.0 Å². The van der Waals surface area contributed by atoms with Gasteiger partial charge in [0.15, 0.2) is 0 Å². The molecule has 0 spiro atoms. The van der Waals surface area contributed by atoms with Crippen molar-refractivity contribution in [2.24, 2.45) is 5.84 Å². The predicted octanol–water partition coefficient (Wildman–Crippen LogP) is 2.58. The number of hydrazine groups is 1. The second-order valence-corrected chi connectivity index (χ2v) is 4.52. The first-order chi connectivity index (χ1) is 7.54. The Labute approximate surface area is 102 Å². The van der Waals surface area contributed by atoms with Crippen LogP contribution in [-0.4, -0.2) is 12.7 Å². The summed E-state index contributed by atoms with van der Waals surface area (Å²) in [7, 11) is 0. The highest BCUT2D eigenvalue weighted by atomic mass is 35.5. The Morgan fingerprint density at radius 2 is 2.12 bits per heavy atom. The van der Waals surface area contributed by atoms with E-state index in [1.807, 2.05) is 39.0 Å². The second-order valence-electron chi connectivity index (χ2n) is 4.11. The van der Waals surface area contributed by atoms with E-state index in [1.165, 1.54) is 0 Å². The summed E-state index contributed by atoms with van der Waals surface area (Å²) in [5.74, 6) is 5.52. The third-order valence-corrected chi connectivity index (χ3v) is 2.81. The predicted molar refractivity (Wildman–Crippen MR) is 67.3 cm³/mol. The number of hydrogen-bond donors (Lipinski definition) is 2. The molecule has 0 fully saturated rings. The summed E-state index contributed by atoms with van der Waals surface area (Å²) in [5.41, 5.74) is 4.89. The SMILES string of the molecule is Cc1cc(C(COC(C)C)NN)ccc1Cl. The minimum Gasteiger partial charge on any atom is -0.377 e. The smallest absolute Gasteiger partial charge is 0.0694 e. The van der Waals surface area contributed by atoms with E-state index in [1.54, 1.807) is 0 Å². The molecule has 0 amide bonds. The zero-order valence-electron chi connectivity index (χ0n) is 9.96. The van der Waals surface area contributed by atoms with Crippen LogP contribution >= 0.6 is 11.6 Å². The monoisotopic (exact) mass is 242 g/mol. The van der Waals surface area contributed by atoms with Gasteiger partial charge in [0, 0.05) is 5.02 Å². The fourth-order valence-electron chi connectivity index (χ4n) is 1.41. The summed E-state index contributed by atoms with van der Waals surface area (Å²) in [6.45, 7) is 6.53. The maximum absolute atomic E-state index is 5.97. The van der Waals surface area contributed by atoms with E-state index in [2.05, 4.69) is 5.43 Å². The van der Waals surface area contributed by atoms with Gasteiger partial charge in [-0.05, 0) is 38.0 Å². The van der Waals surface area contributed by atoms with Gasteiger partial charge in [0.05, 0.1) is 18.8 Å². The summed E-state index contributed by atoms with van der Waals surface area (Å²) < 4.78 is 5.54. The van der Waals surface area contributed by atoms with Gasteiger partial charge in [-0.15, -0.1) is 0 Å². The van der Waals surface area contributed by atoms with E-state index in [4.69, 9.17) is 22.2 Å². The summed E-state index contributed by atoms with van der Waals surface area (Å²) in [5, 5.41) is 0.768. The quantitative estimate of drug-likeness (QED) is 0.616. The average molecular weight is 243 g/mol. The van der Waals surface area contributed by atoms with Crippen LogP contribution in [0.15, 0.2) is 18.2 Å². The fourth-order valence-corrected chi connectivity index (χ4v) is 1.53. The molecule has 1 aromatic rings. The summed E-state index contributed by atoms with van der Waals surface area (Å²) in [6.07, 6.45) is 0.198. The molecule has 0 saturated heterocycles. The highest BCUT2D eigenvalue weighted by Crippen LogP contribution is 2.20. The molecule has 0 heterocycles. The maximum Gasteiger partial charge on any atom is 0.0694 e. The molecule has 0 aliphatic carbocycles. The van der Waals surface area contributed by atoms with Crippen LogP contribution in [0.4, 0.5) is 0 Å². The Balaban J connectivity index is 2.74. The lowest BCUT2D eigenvalue weighted by Crippen LogP contribution is -2.32. The topological polar surface area (TPSA) is 47.3 Å². The number of hydrogen-bond acceptors (Lipinski definition) is 3. The van der Waals surface area contributed by atoms with Gasteiger partial charge in [-0.2, -0.15) is 0 Å². The van der Waals surface area contributed by atoms with E-state index in [0.29, 0.717) is 6.61 Å². The van der Waals surface area contributed by atoms with Crippen molar-refractivity contribution < 1.29 is 4.74 Å². The van der Waals surface area contributed by atoms with Crippen LogP contribution in [0, 0.1) is 6.92 Å². The lowest BCUT2D eigenvalue weighted by Gasteiger charge is -2.18. The third kappa shape index (κ3) is 3.76. The second kappa shape index (κ2) is 6.21. The van der Waals surface area contributed by atoms with E-state index in [9.17, 15) is 0 Å². The first-order valence-corrected chi connectivity index (χ1v) is 5.76. The van der Waals surface area contributed by atoms with Gasteiger partial charge in [0.25, 0.3) is 0 Å². The molecule has 90 valence electrons. The fraction of sp³-hybridized carbons (Fsp3) is 0.500. The number of benzene rings is 1. The van der Waals surface area contributed by atoms with Crippen molar-refractivity contribution in [3.8, 4) is 0 Å². The zero-order valence-corrected chi connectivity index (χ0v) is 10.7. The van der Waals surface area contributed by atoms with Gasteiger partial charge in [-0.25, -0.2) is 0 Å². The molecule has 0 aliphatic heterocycles. The van der Waals surface area contributed by atoms with Crippen LogP contribution in [0.5, 0.6) is 0 Å². The van der Waals surface area contributed by atoms with Crippen molar-refractivity contribution in [1.29, 1.82) is 0 Å². The highest BCUT2D eigenvalue weighted by Gasteiger charge is 2.11. The van der Waals surface area contributed by atoms with Crippen molar-refractivity contribution >= 4 is 11.6 Å².